The van der Waals surface area contributed by atoms with Crippen molar-refractivity contribution >= 4 is 23.3 Å². The fourth-order valence-corrected chi connectivity index (χ4v) is 2.07. The molecule has 1 N–H and O–H groups in total. The van der Waals surface area contributed by atoms with E-state index in [1.807, 2.05) is 24.3 Å². The van der Waals surface area contributed by atoms with Gasteiger partial charge in [0.1, 0.15) is 12.4 Å². The van der Waals surface area contributed by atoms with Gasteiger partial charge in [-0.1, -0.05) is 23.7 Å². The number of halogens is 1. The van der Waals surface area contributed by atoms with Gasteiger partial charge < -0.3 is 14.8 Å². The average Bonchev–Trinajstić information content (AvgIpc) is 2.91. The van der Waals surface area contributed by atoms with Crippen LogP contribution >= 0.6 is 11.6 Å². The molecule has 7 heteroatoms. The molecule has 0 unspecified atom stereocenters. The summed E-state index contributed by atoms with van der Waals surface area (Å²) in [5, 5.41) is 7.64. The van der Waals surface area contributed by atoms with Gasteiger partial charge in [-0.15, -0.1) is 0 Å². The number of hydrogen-bond acceptors (Lipinski definition) is 4. The minimum atomic E-state index is -0.232. The number of rotatable bonds is 8. The van der Waals surface area contributed by atoms with Gasteiger partial charge in [0, 0.05) is 18.2 Å². The first-order chi connectivity index (χ1) is 10.7. The third-order valence-corrected chi connectivity index (χ3v) is 3.11. The molecular formula is C15H18ClN3O3. The number of hydrogen-bond donors (Lipinski definition) is 1. The van der Waals surface area contributed by atoms with E-state index in [1.165, 1.54) is 0 Å². The lowest BCUT2D eigenvalue weighted by molar-refractivity contribution is -0.121. The molecule has 118 valence electrons. The Hall–Kier alpha value is -1.89. The molecule has 0 spiro atoms. The molecule has 0 saturated carbocycles. The van der Waals surface area contributed by atoms with E-state index < -0.39 is 0 Å². The second-order valence-corrected chi connectivity index (χ2v) is 5.03. The Morgan fingerprint density at radius 1 is 1.36 bits per heavy atom. The molecule has 1 aromatic heterocycles. The van der Waals surface area contributed by atoms with Gasteiger partial charge >= 0.3 is 0 Å². The third-order valence-electron chi connectivity index (χ3n) is 2.87. The molecule has 22 heavy (non-hydrogen) atoms. The average molecular weight is 324 g/mol. The van der Waals surface area contributed by atoms with E-state index in [-0.39, 0.29) is 12.5 Å². The number of aromatic nitrogens is 2. The second-order valence-electron chi connectivity index (χ2n) is 4.60. The van der Waals surface area contributed by atoms with Crippen LogP contribution in [0.4, 0.5) is 5.82 Å². The Morgan fingerprint density at radius 3 is 3.00 bits per heavy atom. The van der Waals surface area contributed by atoms with Crippen LogP contribution in [0.2, 0.25) is 5.02 Å². The summed E-state index contributed by atoms with van der Waals surface area (Å²) in [6, 6.07) is 9.24. The molecular weight excluding hydrogens is 306 g/mol. The zero-order valence-corrected chi connectivity index (χ0v) is 13.0. The van der Waals surface area contributed by atoms with Gasteiger partial charge in [-0.05, 0) is 17.7 Å². The number of ether oxygens (including phenoxy) is 2. The molecule has 6 nitrogen and oxygen atoms in total. The maximum atomic E-state index is 11.8. The van der Waals surface area contributed by atoms with E-state index in [0.29, 0.717) is 30.6 Å². The first-order valence-corrected chi connectivity index (χ1v) is 7.19. The second kappa shape index (κ2) is 8.53. The number of nitrogens with zero attached hydrogens (tertiary/aromatic N) is 2. The quantitative estimate of drug-likeness (QED) is 0.756. The predicted molar refractivity (Wildman–Crippen MR) is 84.1 cm³/mol. The lowest BCUT2D eigenvalue weighted by Gasteiger charge is -2.09. The highest BCUT2D eigenvalue weighted by Crippen LogP contribution is 2.14. The summed E-state index contributed by atoms with van der Waals surface area (Å²) in [6.45, 7) is 1.34. The number of methoxy groups -OCH3 is 1. The Kier molecular flexibility index (Phi) is 6.39. The summed E-state index contributed by atoms with van der Waals surface area (Å²) < 4.78 is 11.7. The van der Waals surface area contributed by atoms with Crippen LogP contribution in [0.15, 0.2) is 36.5 Å². The Balaban J connectivity index is 1.90. The molecule has 0 fully saturated rings. The van der Waals surface area contributed by atoms with Crippen molar-refractivity contribution in [1.29, 1.82) is 0 Å². The van der Waals surface area contributed by atoms with Gasteiger partial charge in [0.2, 0.25) is 0 Å². The van der Waals surface area contributed by atoms with Crippen molar-refractivity contribution in [2.45, 2.75) is 6.54 Å². The molecule has 0 aliphatic carbocycles. The number of carbonyl (C=O) groups excluding carboxylic acids is 1. The number of benzene rings is 1. The predicted octanol–water partition coefficient (Wildman–Crippen LogP) is 2.19. The molecule has 0 saturated heterocycles. The van der Waals surface area contributed by atoms with Gasteiger partial charge in [-0.2, -0.15) is 5.10 Å². The third kappa shape index (κ3) is 5.14. The topological polar surface area (TPSA) is 65.4 Å². The lowest BCUT2D eigenvalue weighted by atomic mass is 10.2. The van der Waals surface area contributed by atoms with E-state index in [4.69, 9.17) is 21.1 Å². The highest BCUT2D eigenvalue weighted by atomic mass is 35.5. The van der Waals surface area contributed by atoms with Crippen molar-refractivity contribution in [3.8, 4) is 0 Å². The monoisotopic (exact) mass is 323 g/mol. The van der Waals surface area contributed by atoms with Crippen LogP contribution in [0.5, 0.6) is 0 Å². The smallest absolute Gasteiger partial charge is 0.251 e. The zero-order chi connectivity index (χ0) is 15.8. The zero-order valence-electron chi connectivity index (χ0n) is 12.3. The summed E-state index contributed by atoms with van der Waals surface area (Å²) in [4.78, 5) is 11.8. The van der Waals surface area contributed by atoms with Gasteiger partial charge in [0.25, 0.3) is 5.91 Å². The summed E-state index contributed by atoms with van der Waals surface area (Å²) in [6.07, 6.45) is 1.63. The lowest BCUT2D eigenvalue weighted by Crippen LogP contribution is -2.21. The summed E-state index contributed by atoms with van der Waals surface area (Å²) >= 11 is 5.97. The van der Waals surface area contributed by atoms with Crippen molar-refractivity contribution in [1.82, 2.24) is 9.78 Å². The van der Waals surface area contributed by atoms with Crippen LogP contribution < -0.4 is 5.32 Å². The van der Waals surface area contributed by atoms with Crippen LogP contribution in [-0.4, -0.2) is 42.6 Å². The minimum Gasteiger partial charge on any atom is -0.382 e. The van der Waals surface area contributed by atoms with Crippen LogP contribution in [0.25, 0.3) is 0 Å². The molecule has 0 atom stereocenters. The van der Waals surface area contributed by atoms with E-state index in [1.54, 1.807) is 24.1 Å². The van der Waals surface area contributed by atoms with E-state index in [9.17, 15) is 4.79 Å². The highest BCUT2D eigenvalue weighted by Gasteiger charge is 2.08. The van der Waals surface area contributed by atoms with Gasteiger partial charge in [-0.25, -0.2) is 4.68 Å². The Labute approximate surface area is 134 Å². The van der Waals surface area contributed by atoms with Crippen molar-refractivity contribution in [2.24, 2.45) is 0 Å². The molecule has 1 heterocycles. The molecule has 0 radical (unpaired) electrons. The first-order valence-electron chi connectivity index (χ1n) is 6.82. The number of carbonyl (C=O) groups is 1. The molecule has 0 aliphatic rings. The molecule has 2 rings (SSSR count). The van der Waals surface area contributed by atoms with Crippen LogP contribution in [0.3, 0.4) is 0 Å². The maximum absolute atomic E-state index is 11.8. The van der Waals surface area contributed by atoms with Crippen molar-refractivity contribution in [3.63, 3.8) is 0 Å². The van der Waals surface area contributed by atoms with Crippen LogP contribution in [-0.2, 0) is 20.8 Å². The summed E-state index contributed by atoms with van der Waals surface area (Å²) in [5.41, 5.74) is 1.00. The molecule has 1 amide bonds. The summed E-state index contributed by atoms with van der Waals surface area (Å²) in [7, 11) is 1.58. The van der Waals surface area contributed by atoms with Gasteiger partial charge in [-0.3, -0.25) is 4.79 Å². The van der Waals surface area contributed by atoms with Crippen LogP contribution in [0, 0.1) is 0 Å². The minimum absolute atomic E-state index is 0.0221. The number of anilines is 1. The Bertz CT molecular complexity index is 616. The van der Waals surface area contributed by atoms with Crippen LogP contribution in [0.1, 0.15) is 5.56 Å². The van der Waals surface area contributed by atoms with Crippen molar-refractivity contribution in [3.05, 3.63) is 47.1 Å². The largest absolute Gasteiger partial charge is 0.382 e. The molecule has 0 aliphatic heterocycles. The Morgan fingerprint density at radius 2 is 2.23 bits per heavy atom. The fourth-order valence-electron chi connectivity index (χ4n) is 1.86. The fraction of sp³-hybridized carbons (Fsp3) is 0.333. The van der Waals surface area contributed by atoms with Crippen molar-refractivity contribution in [2.75, 3.05) is 32.2 Å². The van der Waals surface area contributed by atoms with Crippen molar-refractivity contribution < 1.29 is 14.3 Å². The number of amides is 1. The summed E-state index contributed by atoms with van der Waals surface area (Å²) in [5.74, 6) is 0.379. The molecule has 2 aromatic rings. The molecule has 1 aromatic carbocycles. The van der Waals surface area contributed by atoms with E-state index in [0.717, 1.165) is 5.56 Å². The van der Waals surface area contributed by atoms with Gasteiger partial charge in [0.05, 0.1) is 26.0 Å². The maximum Gasteiger partial charge on any atom is 0.251 e. The highest BCUT2D eigenvalue weighted by molar-refractivity contribution is 6.30. The van der Waals surface area contributed by atoms with Gasteiger partial charge in [0.15, 0.2) is 0 Å². The molecule has 0 bridgehead atoms. The SMILES string of the molecule is COCCOCC(=O)Nc1ccnn1Cc1cccc(Cl)c1. The van der Waals surface area contributed by atoms with E-state index in [2.05, 4.69) is 10.4 Å². The van der Waals surface area contributed by atoms with E-state index >= 15 is 0 Å². The first kappa shape index (κ1) is 16.5. The number of nitrogens with one attached hydrogen (secondary N) is 1. The standard InChI is InChI=1S/C15H18ClN3O3/c1-21-7-8-22-11-15(20)18-14-5-6-17-19(14)10-12-3-2-4-13(16)9-12/h2-6,9H,7-8,10-11H2,1H3,(H,18,20). The normalized spacial score (nSPS) is 10.6.